The van der Waals surface area contributed by atoms with Crippen LogP contribution in [0.3, 0.4) is 0 Å². The molecule has 1 aliphatic rings. The van der Waals surface area contributed by atoms with Crippen molar-refractivity contribution in [2.24, 2.45) is 0 Å². The number of rotatable bonds is 4. The zero-order valence-corrected chi connectivity index (χ0v) is 20.6. The van der Waals surface area contributed by atoms with Gasteiger partial charge in [0.1, 0.15) is 5.60 Å². The van der Waals surface area contributed by atoms with Gasteiger partial charge in [0.05, 0.1) is 12.6 Å². The van der Waals surface area contributed by atoms with Crippen LogP contribution in [0.5, 0.6) is 0 Å². The van der Waals surface area contributed by atoms with E-state index in [2.05, 4.69) is 91.0 Å². The minimum atomic E-state index is -0.459. The average molecular weight is 464 g/mol. The van der Waals surface area contributed by atoms with Gasteiger partial charge < -0.3 is 14.7 Å². The first-order valence-electron chi connectivity index (χ1n) is 11.4. The highest BCUT2D eigenvalue weighted by Crippen LogP contribution is 2.32. The zero-order valence-electron chi connectivity index (χ0n) is 19.7. The predicted molar refractivity (Wildman–Crippen MR) is 138 cm³/mol. The number of hydrogen-bond donors (Lipinski definition) is 1. The lowest BCUT2D eigenvalue weighted by Gasteiger charge is -2.27. The summed E-state index contributed by atoms with van der Waals surface area (Å²) in [5, 5.41) is 13.2. The molecule has 1 atom stereocenters. The van der Waals surface area contributed by atoms with Crippen molar-refractivity contribution in [3.63, 3.8) is 0 Å². The number of likely N-dealkylation sites (tertiary alicyclic amines) is 1. The highest BCUT2D eigenvalue weighted by molar-refractivity contribution is 7.79. The molecule has 3 aromatic rings. The van der Waals surface area contributed by atoms with Gasteiger partial charge in [0.2, 0.25) is 0 Å². The second-order valence-corrected chi connectivity index (χ2v) is 11.2. The molecule has 1 aliphatic heterocycles. The second kappa shape index (κ2) is 12.0. The molecule has 4 rings (SSSR count). The van der Waals surface area contributed by atoms with Gasteiger partial charge in [0.25, 0.3) is 0 Å². The summed E-state index contributed by atoms with van der Waals surface area (Å²) in [6, 6.07) is 32.3. The molecular formula is C28H34NO3P. The van der Waals surface area contributed by atoms with Crippen LogP contribution in [0.1, 0.15) is 33.6 Å². The van der Waals surface area contributed by atoms with Crippen LogP contribution in [-0.4, -0.2) is 40.9 Å². The van der Waals surface area contributed by atoms with Crippen molar-refractivity contribution in [1.82, 2.24) is 4.90 Å². The van der Waals surface area contributed by atoms with E-state index >= 15 is 0 Å². The minimum absolute atomic E-state index is 0.0270. The van der Waals surface area contributed by atoms with Crippen molar-refractivity contribution in [3.8, 4) is 0 Å². The fourth-order valence-corrected chi connectivity index (χ4v) is 6.07. The molecule has 0 aromatic heterocycles. The summed E-state index contributed by atoms with van der Waals surface area (Å²) in [6.07, 6.45) is 1.51. The van der Waals surface area contributed by atoms with Crippen LogP contribution in [0.15, 0.2) is 91.0 Å². The van der Waals surface area contributed by atoms with Gasteiger partial charge in [-0.3, -0.25) is 0 Å². The van der Waals surface area contributed by atoms with E-state index in [-0.39, 0.29) is 18.7 Å². The van der Waals surface area contributed by atoms with Crippen LogP contribution in [0, 0.1) is 0 Å². The molecule has 1 N–H and O–H groups in total. The molecule has 5 heteroatoms. The van der Waals surface area contributed by atoms with Crippen LogP contribution in [0.25, 0.3) is 0 Å². The Morgan fingerprint density at radius 1 is 0.879 bits per heavy atom. The number of carbonyl (C=O) groups is 1. The van der Waals surface area contributed by atoms with E-state index in [4.69, 9.17) is 9.84 Å². The topological polar surface area (TPSA) is 49.8 Å². The fourth-order valence-electron chi connectivity index (χ4n) is 3.76. The maximum absolute atomic E-state index is 11.6. The molecule has 0 bridgehead atoms. The van der Waals surface area contributed by atoms with Crippen LogP contribution in [-0.2, 0) is 4.74 Å². The normalized spacial score (nSPS) is 15.7. The molecule has 1 saturated heterocycles. The Balaban J connectivity index is 0.000000196. The molecule has 0 saturated carbocycles. The number of ether oxygens (including phenoxy) is 1. The molecule has 3 aromatic carbocycles. The molecule has 1 amide bonds. The summed E-state index contributed by atoms with van der Waals surface area (Å²) in [5.74, 6) is 0. The summed E-state index contributed by atoms with van der Waals surface area (Å²) in [7, 11) is -0.446. The summed E-state index contributed by atoms with van der Waals surface area (Å²) >= 11 is 0. The Bertz CT molecular complexity index is 880. The van der Waals surface area contributed by atoms with Crippen LogP contribution in [0.4, 0.5) is 4.79 Å². The molecule has 33 heavy (non-hydrogen) atoms. The molecule has 0 aliphatic carbocycles. The Labute approximate surface area is 199 Å². The largest absolute Gasteiger partial charge is 0.444 e. The lowest BCUT2D eigenvalue weighted by atomic mass is 10.2. The van der Waals surface area contributed by atoms with Gasteiger partial charge in [-0.15, -0.1) is 0 Å². The third-order valence-corrected chi connectivity index (χ3v) is 7.70. The van der Waals surface area contributed by atoms with Crippen molar-refractivity contribution in [2.75, 3.05) is 13.2 Å². The highest BCUT2D eigenvalue weighted by atomic mass is 31.1. The van der Waals surface area contributed by atoms with Gasteiger partial charge >= 0.3 is 6.09 Å². The van der Waals surface area contributed by atoms with Crippen molar-refractivity contribution >= 4 is 29.9 Å². The van der Waals surface area contributed by atoms with E-state index in [1.54, 1.807) is 4.90 Å². The van der Waals surface area contributed by atoms with Gasteiger partial charge in [-0.1, -0.05) is 91.0 Å². The van der Waals surface area contributed by atoms with E-state index in [1.807, 2.05) is 20.8 Å². The van der Waals surface area contributed by atoms with E-state index in [0.717, 1.165) is 12.8 Å². The summed E-state index contributed by atoms with van der Waals surface area (Å²) in [5.41, 5.74) is -0.459. The molecule has 0 unspecified atom stereocenters. The maximum Gasteiger partial charge on any atom is 0.410 e. The Morgan fingerprint density at radius 2 is 1.30 bits per heavy atom. The molecule has 174 valence electrons. The first-order chi connectivity index (χ1) is 15.9. The Morgan fingerprint density at radius 3 is 1.67 bits per heavy atom. The summed E-state index contributed by atoms with van der Waals surface area (Å²) < 4.78 is 5.23. The molecule has 0 spiro atoms. The second-order valence-electron chi connectivity index (χ2n) is 8.99. The number of amides is 1. The van der Waals surface area contributed by atoms with E-state index < -0.39 is 13.5 Å². The molecule has 0 radical (unpaired) electrons. The van der Waals surface area contributed by atoms with Crippen LogP contribution >= 0.6 is 7.92 Å². The molecule has 4 nitrogen and oxygen atoms in total. The lowest BCUT2D eigenvalue weighted by Crippen LogP contribution is -2.41. The number of aliphatic hydroxyl groups excluding tert-OH is 1. The van der Waals surface area contributed by atoms with Crippen molar-refractivity contribution in [1.29, 1.82) is 0 Å². The van der Waals surface area contributed by atoms with Crippen molar-refractivity contribution in [2.45, 2.75) is 45.3 Å². The van der Waals surface area contributed by atoms with Gasteiger partial charge in [-0.2, -0.15) is 0 Å². The van der Waals surface area contributed by atoms with E-state index in [1.165, 1.54) is 15.9 Å². The number of nitrogens with zero attached hydrogens (tertiary/aromatic N) is 1. The zero-order chi connectivity index (χ0) is 23.7. The standard InChI is InChI=1S/C18H15P.C10H19NO3/c1-4-10-16(11-5-1)19(17-12-6-2-7-13-17)18-14-8-3-9-15-18;1-10(2,3)14-9(13)11-6-4-5-8(11)7-12/h1-15H;8,12H,4-7H2,1-3H3/t;8-/m.1/s1. The Hall–Kier alpha value is -2.68. The number of aliphatic hydroxyl groups is 1. The number of hydrogen-bond acceptors (Lipinski definition) is 3. The van der Waals surface area contributed by atoms with Gasteiger partial charge in [-0.25, -0.2) is 4.79 Å². The summed E-state index contributed by atoms with van der Waals surface area (Å²) in [6.45, 7) is 6.25. The quantitative estimate of drug-likeness (QED) is 0.565. The van der Waals surface area contributed by atoms with Gasteiger partial charge in [0, 0.05) is 6.54 Å². The Kier molecular flexibility index (Phi) is 9.05. The lowest BCUT2D eigenvalue weighted by molar-refractivity contribution is 0.0176. The SMILES string of the molecule is CC(C)(C)OC(=O)N1CCC[C@@H]1CO.c1ccc(P(c2ccccc2)c2ccccc2)cc1. The van der Waals surface area contributed by atoms with Crippen LogP contribution < -0.4 is 15.9 Å². The third-order valence-electron chi connectivity index (χ3n) is 5.26. The summed E-state index contributed by atoms with van der Waals surface area (Å²) in [4.78, 5) is 13.2. The van der Waals surface area contributed by atoms with Crippen LogP contribution in [0.2, 0.25) is 0 Å². The predicted octanol–water partition coefficient (Wildman–Crippen LogP) is 4.82. The van der Waals surface area contributed by atoms with Crippen molar-refractivity contribution < 1.29 is 14.6 Å². The first-order valence-corrected chi connectivity index (χ1v) is 12.8. The molecular weight excluding hydrogens is 429 g/mol. The maximum atomic E-state index is 11.6. The van der Waals surface area contributed by atoms with Crippen molar-refractivity contribution in [3.05, 3.63) is 91.0 Å². The van der Waals surface area contributed by atoms with E-state index in [9.17, 15) is 4.79 Å². The number of benzene rings is 3. The number of carbonyl (C=O) groups excluding carboxylic acids is 1. The average Bonchev–Trinajstić information content (AvgIpc) is 3.30. The third kappa shape index (κ3) is 7.42. The molecule has 1 fully saturated rings. The highest BCUT2D eigenvalue weighted by Gasteiger charge is 2.31. The first kappa shape index (κ1) is 25.0. The fraction of sp³-hybridized carbons (Fsp3) is 0.321. The monoisotopic (exact) mass is 463 g/mol. The van der Waals surface area contributed by atoms with Gasteiger partial charge in [0.15, 0.2) is 0 Å². The minimum Gasteiger partial charge on any atom is -0.444 e. The van der Waals surface area contributed by atoms with E-state index in [0.29, 0.717) is 6.54 Å². The smallest absolute Gasteiger partial charge is 0.410 e. The molecule has 1 heterocycles. The van der Waals surface area contributed by atoms with Gasteiger partial charge in [-0.05, 0) is 57.4 Å².